The normalized spacial score (nSPS) is 14.5. The van der Waals surface area contributed by atoms with Crippen molar-refractivity contribution in [2.75, 3.05) is 7.05 Å². The number of rotatable bonds is 8. The number of hydrogen-bond acceptors (Lipinski definition) is 3. The lowest BCUT2D eigenvalue weighted by atomic mass is 9.92. The molecule has 5 rings (SSSR count). The second-order valence-electron chi connectivity index (χ2n) is 9.59. The number of aryl methyl sites for hydroxylation is 2. The van der Waals surface area contributed by atoms with Gasteiger partial charge in [-0.15, -0.1) is 0 Å². The van der Waals surface area contributed by atoms with Gasteiger partial charge in [0.2, 0.25) is 0 Å². The standard InChI is InChI=1S/C30H33N3/c1-4-22-18-28-25(11-15-33-29(28)19-23(22)10-12-30(31)13-14-30)17-21-8-9-27-24(16-21)6-5-7-26(27)20(2)32-3/h5-9,11,15-16,18-19,32H,2,4,10,12-14,17,31H2,1,3H3. The molecule has 1 fully saturated rings. The van der Waals surface area contributed by atoms with Gasteiger partial charge < -0.3 is 11.1 Å². The molecule has 4 aromatic rings. The Kier molecular flexibility index (Phi) is 5.67. The van der Waals surface area contributed by atoms with Gasteiger partial charge in [-0.1, -0.05) is 49.9 Å². The lowest BCUT2D eigenvalue weighted by Crippen LogP contribution is -2.22. The summed E-state index contributed by atoms with van der Waals surface area (Å²) < 4.78 is 0. The summed E-state index contributed by atoms with van der Waals surface area (Å²) >= 11 is 0. The average Bonchev–Trinajstić information content (AvgIpc) is 3.58. The molecule has 3 N–H and O–H groups in total. The summed E-state index contributed by atoms with van der Waals surface area (Å²) in [7, 11) is 1.92. The molecule has 3 heteroatoms. The molecule has 0 unspecified atom stereocenters. The van der Waals surface area contributed by atoms with Crippen LogP contribution in [-0.4, -0.2) is 17.6 Å². The van der Waals surface area contributed by atoms with Crippen LogP contribution in [0.5, 0.6) is 0 Å². The van der Waals surface area contributed by atoms with Crippen molar-refractivity contribution in [1.29, 1.82) is 0 Å². The van der Waals surface area contributed by atoms with Gasteiger partial charge in [0.25, 0.3) is 0 Å². The first-order valence-corrected chi connectivity index (χ1v) is 12.1. The van der Waals surface area contributed by atoms with Gasteiger partial charge in [-0.2, -0.15) is 0 Å². The molecule has 1 aromatic heterocycles. The van der Waals surface area contributed by atoms with E-state index in [2.05, 4.69) is 73.4 Å². The molecule has 0 bridgehead atoms. The first-order chi connectivity index (χ1) is 16.0. The van der Waals surface area contributed by atoms with Crippen molar-refractivity contribution in [1.82, 2.24) is 10.3 Å². The minimum Gasteiger partial charge on any atom is -0.388 e. The van der Waals surface area contributed by atoms with Crippen LogP contribution in [0.3, 0.4) is 0 Å². The number of nitrogens with zero attached hydrogens (tertiary/aromatic N) is 1. The molecule has 168 valence electrons. The number of benzene rings is 3. The number of nitrogens with one attached hydrogen (secondary N) is 1. The van der Waals surface area contributed by atoms with E-state index in [4.69, 9.17) is 10.7 Å². The third-order valence-electron chi connectivity index (χ3n) is 7.28. The molecule has 1 saturated carbocycles. The van der Waals surface area contributed by atoms with E-state index in [0.717, 1.165) is 42.5 Å². The molecule has 1 aliphatic rings. The smallest absolute Gasteiger partial charge is 0.0707 e. The molecule has 3 aromatic carbocycles. The lowest BCUT2D eigenvalue weighted by Gasteiger charge is -2.15. The molecule has 0 spiro atoms. The van der Waals surface area contributed by atoms with E-state index < -0.39 is 0 Å². The maximum Gasteiger partial charge on any atom is 0.0707 e. The zero-order chi connectivity index (χ0) is 23.0. The van der Waals surface area contributed by atoms with Crippen LogP contribution in [0, 0.1) is 0 Å². The van der Waals surface area contributed by atoms with E-state index >= 15 is 0 Å². The van der Waals surface area contributed by atoms with Gasteiger partial charge in [0, 0.05) is 35.4 Å². The van der Waals surface area contributed by atoms with Gasteiger partial charge in [0.1, 0.15) is 0 Å². The summed E-state index contributed by atoms with van der Waals surface area (Å²) in [5, 5.41) is 6.91. The highest BCUT2D eigenvalue weighted by atomic mass is 14.8. The molecule has 3 nitrogen and oxygen atoms in total. The van der Waals surface area contributed by atoms with Crippen LogP contribution >= 0.6 is 0 Å². The van der Waals surface area contributed by atoms with Crippen LogP contribution in [-0.2, 0) is 19.3 Å². The van der Waals surface area contributed by atoms with Crippen LogP contribution in [0.15, 0.2) is 67.4 Å². The predicted octanol–water partition coefficient (Wildman–Crippen LogP) is 6.16. The maximum absolute atomic E-state index is 6.36. The summed E-state index contributed by atoms with van der Waals surface area (Å²) in [5.74, 6) is 0. The quantitative estimate of drug-likeness (QED) is 0.349. The Balaban J connectivity index is 1.48. The van der Waals surface area contributed by atoms with Crippen molar-refractivity contribution in [2.45, 2.75) is 51.0 Å². The van der Waals surface area contributed by atoms with Gasteiger partial charge >= 0.3 is 0 Å². The molecule has 0 aliphatic heterocycles. The van der Waals surface area contributed by atoms with Crippen molar-refractivity contribution < 1.29 is 0 Å². The van der Waals surface area contributed by atoms with Gasteiger partial charge in [-0.3, -0.25) is 4.98 Å². The van der Waals surface area contributed by atoms with Crippen molar-refractivity contribution in [2.24, 2.45) is 5.73 Å². The first-order valence-electron chi connectivity index (χ1n) is 12.1. The topological polar surface area (TPSA) is 50.9 Å². The highest BCUT2D eigenvalue weighted by Gasteiger charge is 2.37. The van der Waals surface area contributed by atoms with Crippen molar-refractivity contribution in [3.8, 4) is 0 Å². The Morgan fingerprint density at radius 3 is 2.64 bits per heavy atom. The summed E-state index contributed by atoms with van der Waals surface area (Å²) in [6.45, 7) is 6.39. The van der Waals surface area contributed by atoms with Gasteiger partial charge in [0.15, 0.2) is 0 Å². The Labute approximate surface area is 196 Å². The monoisotopic (exact) mass is 435 g/mol. The second-order valence-corrected chi connectivity index (χ2v) is 9.59. The third-order valence-corrected chi connectivity index (χ3v) is 7.28. The van der Waals surface area contributed by atoms with E-state index in [1.54, 1.807) is 0 Å². The lowest BCUT2D eigenvalue weighted by molar-refractivity contribution is 0.607. The van der Waals surface area contributed by atoms with E-state index in [0.29, 0.717) is 0 Å². The van der Waals surface area contributed by atoms with Crippen molar-refractivity contribution in [3.63, 3.8) is 0 Å². The number of aromatic nitrogens is 1. The van der Waals surface area contributed by atoms with Gasteiger partial charge in [-0.05, 0) is 89.8 Å². The molecule has 0 amide bonds. The zero-order valence-corrected chi connectivity index (χ0v) is 19.7. The van der Waals surface area contributed by atoms with E-state index in [9.17, 15) is 0 Å². The Hall–Kier alpha value is -3.17. The SMILES string of the molecule is C=C(NC)c1cccc2cc(Cc3ccnc4cc(CCC5(N)CC5)c(CC)cc34)ccc12. The van der Waals surface area contributed by atoms with Gasteiger partial charge in [-0.25, -0.2) is 0 Å². The number of nitrogens with two attached hydrogens (primary N) is 1. The zero-order valence-electron chi connectivity index (χ0n) is 19.7. The summed E-state index contributed by atoms with van der Waals surface area (Å²) in [4.78, 5) is 4.72. The predicted molar refractivity (Wildman–Crippen MR) is 140 cm³/mol. The molecule has 1 heterocycles. The molecule has 0 radical (unpaired) electrons. The Morgan fingerprint density at radius 1 is 1.03 bits per heavy atom. The molecule has 0 atom stereocenters. The largest absolute Gasteiger partial charge is 0.388 e. The molecule has 0 saturated heterocycles. The van der Waals surface area contributed by atoms with E-state index in [1.165, 1.54) is 51.3 Å². The first kappa shape index (κ1) is 21.7. The van der Waals surface area contributed by atoms with Crippen LogP contribution in [0.1, 0.15) is 54.0 Å². The number of pyridine rings is 1. The fraction of sp³-hybridized carbons (Fsp3) is 0.300. The minimum absolute atomic E-state index is 0.0880. The molecular formula is C30H33N3. The van der Waals surface area contributed by atoms with Crippen LogP contribution in [0.2, 0.25) is 0 Å². The fourth-order valence-corrected chi connectivity index (χ4v) is 4.91. The average molecular weight is 436 g/mol. The Bertz CT molecular complexity index is 1350. The summed E-state index contributed by atoms with van der Waals surface area (Å²) in [6.07, 6.45) is 8.33. The van der Waals surface area contributed by atoms with Crippen LogP contribution in [0.4, 0.5) is 0 Å². The fourth-order valence-electron chi connectivity index (χ4n) is 4.91. The molecule has 33 heavy (non-hydrogen) atoms. The van der Waals surface area contributed by atoms with E-state index in [1.807, 2.05) is 13.2 Å². The highest BCUT2D eigenvalue weighted by molar-refractivity contribution is 5.93. The van der Waals surface area contributed by atoms with E-state index in [-0.39, 0.29) is 5.54 Å². The second kappa shape index (κ2) is 8.64. The van der Waals surface area contributed by atoms with Crippen LogP contribution < -0.4 is 11.1 Å². The molecular weight excluding hydrogens is 402 g/mol. The summed E-state index contributed by atoms with van der Waals surface area (Å²) in [5.41, 5.74) is 15.1. The maximum atomic E-state index is 6.36. The van der Waals surface area contributed by atoms with Crippen LogP contribution in [0.25, 0.3) is 27.4 Å². The minimum atomic E-state index is 0.0880. The number of hydrogen-bond donors (Lipinski definition) is 2. The third kappa shape index (κ3) is 4.38. The van der Waals surface area contributed by atoms with Crippen molar-refractivity contribution >= 4 is 27.4 Å². The Morgan fingerprint density at radius 2 is 1.88 bits per heavy atom. The summed E-state index contributed by atoms with van der Waals surface area (Å²) in [6, 6.07) is 20.0. The molecule has 1 aliphatic carbocycles. The van der Waals surface area contributed by atoms with Crippen molar-refractivity contribution in [3.05, 3.63) is 95.2 Å². The number of fused-ring (bicyclic) bond motifs is 2. The van der Waals surface area contributed by atoms with Gasteiger partial charge in [0.05, 0.1) is 5.52 Å². The highest BCUT2D eigenvalue weighted by Crippen LogP contribution is 2.37.